The highest BCUT2D eigenvalue weighted by molar-refractivity contribution is 6.04. The second-order valence-electron chi connectivity index (χ2n) is 13.3. The van der Waals surface area contributed by atoms with Crippen LogP contribution in [0.15, 0.2) is 78.9 Å². The zero-order valence-corrected chi connectivity index (χ0v) is 27.7. The lowest BCUT2D eigenvalue weighted by molar-refractivity contribution is -0.137. The SMILES string of the molecule is CN(C)C(=O)COC(=O)c1cc(-c2ccc(C3CCN(C(=O)OC(C)(C)C)CC3)cc2)c2ccc(-c3ccc(C(F)(F)F)cc3)cc2c1. The first-order valence-corrected chi connectivity index (χ1v) is 15.8. The molecule has 0 saturated carbocycles. The molecule has 0 bridgehead atoms. The number of rotatable bonds is 6. The van der Waals surface area contributed by atoms with E-state index in [0.29, 0.717) is 29.6 Å². The standard InChI is InChI=1S/C38H39F3N2O5/c1-37(2,3)48-36(46)43-18-16-26(17-19-43)24-6-8-27(9-7-24)33-22-30(35(45)47-23-34(44)42(4)5)21-29-20-28(12-15-32(29)33)25-10-13-31(14-11-25)38(39,40)41/h6-15,20-22,26H,16-19,23H2,1-5H3. The van der Waals surface area contributed by atoms with Crippen LogP contribution in [0.4, 0.5) is 18.0 Å². The number of nitrogens with zero attached hydrogens (tertiary/aromatic N) is 2. The molecular weight excluding hydrogens is 621 g/mol. The summed E-state index contributed by atoms with van der Waals surface area (Å²) in [4.78, 5) is 40.8. The number of piperidine rings is 1. The molecule has 2 amide bonds. The summed E-state index contributed by atoms with van der Waals surface area (Å²) in [5, 5.41) is 1.53. The van der Waals surface area contributed by atoms with Crippen LogP contribution in [0.3, 0.4) is 0 Å². The normalized spacial score (nSPS) is 14.1. The summed E-state index contributed by atoms with van der Waals surface area (Å²) in [6.45, 7) is 6.36. The Morgan fingerprint density at radius 3 is 2.00 bits per heavy atom. The molecule has 252 valence electrons. The number of esters is 1. The van der Waals surface area contributed by atoms with Crippen molar-refractivity contribution in [3.8, 4) is 22.3 Å². The van der Waals surface area contributed by atoms with Gasteiger partial charge in [0.15, 0.2) is 6.61 Å². The highest BCUT2D eigenvalue weighted by Crippen LogP contribution is 2.37. The average molecular weight is 661 g/mol. The van der Waals surface area contributed by atoms with E-state index in [1.807, 2.05) is 51.1 Å². The third-order valence-electron chi connectivity index (χ3n) is 8.40. The molecule has 1 saturated heterocycles. The molecule has 0 spiro atoms. The first kappa shape index (κ1) is 34.5. The van der Waals surface area contributed by atoms with Crippen molar-refractivity contribution in [3.63, 3.8) is 0 Å². The van der Waals surface area contributed by atoms with Crippen molar-refractivity contribution < 1.29 is 37.0 Å². The molecule has 1 fully saturated rings. The quantitative estimate of drug-likeness (QED) is 0.194. The second kappa shape index (κ2) is 13.7. The number of likely N-dealkylation sites (tertiary alicyclic amines) is 1. The van der Waals surface area contributed by atoms with Gasteiger partial charge >= 0.3 is 18.2 Å². The van der Waals surface area contributed by atoms with Crippen molar-refractivity contribution in [3.05, 3.63) is 95.6 Å². The molecule has 0 aliphatic carbocycles. The van der Waals surface area contributed by atoms with Crippen LogP contribution in [0.5, 0.6) is 0 Å². The predicted octanol–water partition coefficient (Wildman–Crippen LogP) is 8.55. The number of hydrogen-bond donors (Lipinski definition) is 0. The molecule has 0 aromatic heterocycles. The van der Waals surface area contributed by atoms with Gasteiger partial charge in [0.05, 0.1) is 11.1 Å². The van der Waals surface area contributed by atoms with Crippen molar-refractivity contribution >= 4 is 28.7 Å². The van der Waals surface area contributed by atoms with Gasteiger partial charge < -0.3 is 19.3 Å². The largest absolute Gasteiger partial charge is 0.452 e. The number of carbonyl (C=O) groups excluding carboxylic acids is 3. The van der Waals surface area contributed by atoms with E-state index in [0.717, 1.165) is 47.1 Å². The van der Waals surface area contributed by atoms with Crippen molar-refractivity contribution in [1.29, 1.82) is 0 Å². The maximum absolute atomic E-state index is 13.2. The van der Waals surface area contributed by atoms with E-state index in [2.05, 4.69) is 12.1 Å². The van der Waals surface area contributed by atoms with Crippen LogP contribution in [0.2, 0.25) is 0 Å². The van der Waals surface area contributed by atoms with Crippen molar-refractivity contribution in [2.24, 2.45) is 0 Å². The molecule has 0 unspecified atom stereocenters. The molecule has 0 N–H and O–H groups in total. The molecule has 0 radical (unpaired) electrons. The van der Waals surface area contributed by atoms with Gasteiger partial charge in [-0.3, -0.25) is 4.79 Å². The molecule has 1 aliphatic heterocycles. The van der Waals surface area contributed by atoms with Crippen LogP contribution >= 0.6 is 0 Å². The summed E-state index contributed by atoms with van der Waals surface area (Å²) in [6, 6.07) is 22.0. The number of hydrogen-bond acceptors (Lipinski definition) is 5. The van der Waals surface area contributed by atoms with Crippen LogP contribution in [-0.4, -0.2) is 67.2 Å². The summed E-state index contributed by atoms with van der Waals surface area (Å²) in [6.07, 6.45) is -3.12. The van der Waals surface area contributed by atoms with Gasteiger partial charge in [-0.2, -0.15) is 13.2 Å². The van der Waals surface area contributed by atoms with Crippen LogP contribution in [0, 0.1) is 0 Å². The highest BCUT2D eigenvalue weighted by Gasteiger charge is 2.30. The first-order valence-electron chi connectivity index (χ1n) is 15.8. The Morgan fingerprint density at radius 1 is 0.812 bits per heavy atom. The predicted molar refractivity (Wildman–Crippen MR) is 179 cm³/mol. The molecule has 1 heterocycles. The van der Waals surface area contributed by atoms with E-state index in [9.17, 15) is 27.6 Å². The van der Waals surface area contributed by atoms with E-state index in [-0.39, 0.29) is 23.5 Å². The molecular formula is C38H39F3N2O5. The van der Waals surface area contributed by atoms with Crippen LogP contribution in [0.1, 0.15) is 61.0 Å². The number of carbonyl (C=O) groups is 3. The Bertz CT molecular complexity index is 1800. The fourth-order valence-corrected chi connectivity index (χ4v) is 5.75. The van der Waals surface area contributed by atoms with Gasteiger partial charge in [-0.15, -0.1) is 0 Å². The van der Waals surface area contributed by atoms with Crippen LogP contribution < -0.4 is 0 Å². The van der Waals surface area contributed by atoms with Crippen molar-refractivity contribution in [1.82, 2.24) is 9.80 Å². The number of halogens is 3. The Morgan fingerprint density at radius 2 is 1.42 bits per heavy atom. The summed E-state index contributed by atoms with van der Waals surface area (Å²) in [5.74, 6) is -0.751. The van der Waals surface area contributed by atoms with E-state index in [1.165, 1.54) is 17.0 Å². The molecule has 4 aromatic carbocycles. The molecule has 0 atom stereocenters. The average Bonchev–Trinajstić information content (AvgIpc) is 3.05. The third kappa shape index (κ3) is 8.16. The molecule has 5 rings (SSSR count). The lowest BCUT2D eigenvalue weighted by Gasteiger charge is -2.33. The van der Waals surface area contributed by atoms with Crippen molar-refractivity contribution in [2.75, 3.05) is 33.8 Å². The van der Waals surface area contributed by atoms with Gasteiger partial charge in [0.1, 0.15) is 5.60 Å². The van der Waals surface area contributed by atoms with Gasteiger partial charge in [-0.05, 0) is 108 Å². The molecule has 7 nitrogen and oxygen atoms in total. The second-order valence-corrected chi connectivity index (χ2v) is 13.3. The van der Waals surface area contributed by atoms with Crippen LogP contribution in [0.25, 0.3) is 33.0 Å². The molecule has 1 aliphatic rings. The van der Waals surface area contributed by atoms with Gasteiger partial charge in [-0.1, -0.05) is 48.5 Å². The van der Waals surface area contributed by atoms with Gasteiger partial charge in [0, 0.05) is 27.2 Å². The summed E-state index contributed by atoms with van der Waals surface area (Å²) < 4.78 is 50.3. The Hall–Kier alpha value is -4.86. The smallest absolute Gasteiger partial charge is 0.416 e. The zero-order valence-electron chi connectivity index (χ0n) is 27.7. The third-order valence-corrected chi connectivity index (χ3v) is 8.40. The topological polar surface area (TPSA) is 76.2 Å². The van der Waals surface area contributed by atoms with E-state index >= 15 is 0 Å². The fraction of sp³-hybridized carbons (Fsp3) is 0.342. The molecule has 10 heteroatoms. The number of ether oxygens (including phenoxy) is 2. The summed E-state index contributed by atoms with van der Waals surface area (Å²) in [7, 11) is 3.14. The monoisotopic (exact) mass is 660 g/mol. The van der Waals surface area contributed by atoms with Crippen LogP contribution in [-0.2, 0) is 20.4 Å². The fourth-order valence-electron chi connectivity index (χ4n) is 5.75. The van der Waals surface area contributed by atoms with E-state index in [4.69, 9.17) is 9.47 Å². The number of fused-ring (bicyclic) bond motifs is 1. The number of likely N-dealkylation sites (N-methyl/N-ethyl adjacent to an activating group) is 1. The lowest BCUT2D eigenvalue weighted by Crippen LogP contribution is -2.41. The summed E-state index contributed by atoms with van der Waals surface area (Å²) in [5.41, 5.74) is 3.02. The number of amides is 2. The number of benzene rings is 4. The van der Waals surface area contributed by atoms with Gasteiger partial charge in [-0.25, -0.2) is 9.59 Å². The van der Waals surface area contributed by atoms with Gasteiger partial charge in [0.25, 0.3) is 5.91 Å². The maximum atomic E-state index is 13.2. The minimum Gasteiger partial charge on any atom is -0.452 e. The molecule has 4 aromatic rings. The molecule has 48 heavy (non-hydrogen) atoms. The van der Waals surface area contributed by atoms with Gasteiger partial charge in [0.2, 0.25) is 0 Å². The Balaban J connectivity index is 1.44. The first-order chi connectivity index (χ1) is 22.6. The highest BCUT2D eigenvalue weighted by atomic mass is 19.4. The minimum absolute atomic E-state index is 0.243. The van der Waals surface area contributed by atoms with E-state index in [1.54, 1.807) is 31.1 Å². The Kier molecular flexibility index (Phi) is 9.84. The number of alkyl halides is 3. The zero-order chi connectivity index (χ0) is 34.8. The minimum atomic E-state index is -4.44. The maximum Gasteiger partial charge on any atom is 0.416 e. The van der Waals surface area contributed by atoms with E-state index < -0.39 is 29.9 Å². The Labute approximate surface area is 278 Å². The van der Waals surface area contributed by atoms with Crippen molar-refractivity contribution in [2.45, 2.75) is 51.3 Å². The summed E-state index contributed by atoms with van der Waals surface area (Å²) >= 11 is 0. The lowest BCUT2D eigenvalue weighted by atomic mass is 9.87.